The summed E-state index contributed by atoms with van der Waals surface area (Å²) in [7, 11) is 0. The van der Waals surface area contributed by atoms with Gasteiger partial charge in [-0.25, -0.2) is 14.8 Å². The molecule has 23 heavy (non-hydrogen) atoms. The number of nitrogens with one attached hydrogen (secondary N) is 1. The first kappa shape index (κ1) is 14.8. The van der Waals surface area contributed by atoms with Crippen LogP contribution in [0.3, 0.4) is 0 Å². The van der Waals surface area contributed by atoms with Crippen molar-refractivity contribution in [2.75, 3.05) is 31.2 Å². The molecule has 4 rings (SSSR count). The molecule has 3 fully saturated rings. The number of amides is 1. The van der Waals surface area contributed by atoms with Crippen molar-refractivity contribution in [3.05, 3.63) is 17.6 Å². The van der Waals surface area contributed by atoms with Crippen LogP contribution in [0.1, 0.15) is 43.2 Å². The Morgan fingerprint density at radius 3 is 2.91 bits per heavy atom. The van der Waals surface area contributed by atoms with Crippen molar-refractivity contribution in [1.29, 1.82) is 0 Å². The van der Waals surface area contributed by atoms with Crippen LogP contribution in [0.15, 0.2) is 6.07 Å². The van der Waals surface area contributed by atoms with Crippen LogP contribution in [0, 0.1) is 6.92 Å². The third-order valence-corrected chi connectivity index (χ3v) is 4.88. The lowest BCUT2D eigenvalue weighted by Gasteiger charge is -2.30. The molecule has 3 aliphatic heterocycles. The average Bonchev–Trinajstić information content (AvgIpc) is 3.16. The number of rotatable bonds is 2. The van der Waals surface area contributed by atoms with E-state index in [-0.39, 0.29) is 12.1 Å². The maximum atomic E-state index is 12.4. The molecule has 0 radical (unpaired) electrons. The Morgan fingerprint density at radius 1 is 1.35 bits per heavy atom. The lowest BCUT2D eigenvalue weighted by molar-refractivity contribution is -0.0431. The molecule has 3 saturated heterocycles. The van der Waals surface area contributed by atoms with Crippen molar-refractivity contribution in [2.45, 2.75) is 44.2 Å². The van der Waals surface area contributed by atoms with Crippen molar-refractivity contribution in [2.24, 2.45) is 0 Å². The van der Waals surface area contributed by atoms with Crippen molar-refractivity contribution in [3.63, 3.8) is 0 Å². The molecule has 0 unspecified atom stereocenters. The van der Waals surface area contributed by atoms with Gasteiger partial charge in [0.05, 0.1) is 25.8 Å². The molecule has 1 aromatic rings. The second-order valence-electron chi connectivity index (χ2n) is 6.62. The van der Waals surface area contributed by atoms with Crippen molar-refractivity contribution >= 4 is 11.9 Å². The van der Waals surface area contributed by atoms with Crippen LogP contribution in [-0.4, -0.2) is 48.0 Å². The number of hydrogen-bond donors (Lipinski definition) is 1. The predicted octanol–water partition coefficient (Wildman–Crippen LogP) is 1.72. The highest BCUT2D eigenvalue weighted by Crippen LogP contribution is 2.35. The summed E-state index contributed by atoms with van der Waals surface area (Å²) in [6, 6.07) is 2.04. The average molecular weight is 318 g/mol. The van der Waals surface area contributed by atoms with Gasteiger partial charge < -0.3 is 14.8 Å². The van der Waals surface area contributed by atoms with Crippen LogP contribution < -0.4 is 10.2 Å². The van der Waals surface area contributed by atoms with Gasteiger partial charge in [0.15, 0.2) is 0 Å². The van der Waals surface area contributed by atoms with Gasteiger partial charge in [0.2, 0.25) is 0 Å². The molecule has 1 spiro atoms. The molecule has 0 aromatic carbocycles. The number of aromatic nitrogens is 2. The molecule has 1 amide bonds. The number of aryl methyl sites for hydroxylation is 1. The first-order valence-corrected chi connectivity index (χ1v) is 8.32. The zero-order valence-corrected chi connectivity index (χ0v) is 13.4. The number of hydrogen-bond acceptors (Lipinski definition) is 6. The molecule has 1 aromatic heterocycles. The van der Waals surface area contributed by atoms with E-state index >= 15 is 0 Å². The number of carbonyl (C=O) groups excluding carboxylic acids is 1. The highest BCUT2D eigenvalue weighted by molar-refractivity contribution is 5.89. The largest absolute Gasteiger partial charge is 0.440 e. The maximum absolute atomic E-state index is 12.4. The molecular formula is C16H22N4O3. The fourth-order valence-electron chi connectivity index (χ4n) is 3.58. The Labute approximate surface area is 135 Å². The molecule has 7 nitrogen and oxygen atoms in total. The van der Waals surface area contributed by atoms with E-state index in [1.807, 2.05) is 13.0 Å². The summed E-state index contributed by atoms with van der Waals surface area (Å²) < 4.78 is 11.1. The SMILES string of the molecule is Cc1cc(N2CC3(CCOCC3)OC2=O)nc([C@H]2CCCN2)n1. The Kier molecular flexibility index (Phi) is 3.69. The first-order valence-electron chi connectivity index (χ1n) is 8.32. The highest BCUT2D eigenvalue weighted by Gasteiger charge is 2.47. The molecule has 3 aliphatic rings. The molecular weight excluding hydrogens is 296 g/mol. The molecule has 1 atom stereocenters. The van der Waals surface area contributed by atoms with Crippen LogP contribution in [0.25, 0.3) is 0 Å². The second kappa shape index (κ2) is 5.72. The number of anilines is 1. The van der Waals surface area contributed by atoms with Gasteiger partial charge in [-0.15, -0.1) is 0 Å². The molecule has 0 saturated carbocycles. The third kappa shape index (κ3) is 2.79. The van der Waals surface area contributed by atoms with E-state index in [0.29, 0.717) is 25.6 Å². The minimum Gasteiger partial charge on any atom is -0.440 e. The minimum absolute atomic E-state index is 0.185. The fraction of sp³-hybridized carbons (Fsp3) is 0.688. The quantitative estimate of drug-likeness (QED) is 0.894. The van der Waals surface area contributed by atoms with Crippen LogP contribution >= 0.6 is 0 Å². The van der Waals surface area contributed by atoms with Crippen LogP contribution in [0.4, 0.5) is 10.6 Å². The molecule has 1 N–H and O–H groups in total. The van der Waals surface area contributed by atoms with Crippen molar-refractivity contribution in [1.82, 2.24) is 15.3 Å². The summed E-state index contributed by atoms with van der Waals surface area (Å²) in [6.07, 6.45) is 3.35. The van der Waals surface area contributed by atoms with Gasteiger partial charge in [0.1, 0.15) is 17.2 Å². The van der Waals surface area contributed by atoms with Crippen molar-refractivity contribution < 1.29 is 14.3 Å². The molecule has 124 valence electrons. The summed E-state index contributed by atoms with van der Waals surface area (Å²) in [6.45, 7) is 4.76. The van der Waals surface area contributed by atoms with E-state index in [9.17, 15) is 4.79 Å². The van der Waals surface area contributed by atoms with Crippen LogP contribution in [-0.2, 0) is 9.47 Å². The monoisotopic (exact) mass is 318 g/mol. The van der Waals surface area contributed by atoms with E-state index in [1.54, 1.807) is 4.90 Å². The first-order chi connectivity index (χ1) is 11.2. The normalized spacial score (nSPS) is 26.7. The van der Waals surface area contributed by atoms with Gasteiger partial charge >= 0.3 is 6.09 Å². The van der Waals surface area contributed by atoms with E-state index in [2.05, 4.69) is 15.3 Å². The van der Waals surface area contributed by atoms with Gasteiger partial charge in [-0.3, -0.25) is 4.90 Å². The van der Waals surface area contributed by atoms with Crippen molar-refractivity contribution in [3.8, 4) is 0 Å². The number of ether oxygens (including phenoxy) is 2. The van der Waals surface area contributed by atoms with Gasteiger partial charge in [-0.1, -0.05) is 0 Å². The van der Waals surface area contributed by atoms with E-state index in [0.717, 1.165) is 43.7 Å². The predicted molar refractivity (Wildman–Crippen MR) is 83.4 cm³/mol. The topological polar surface area (TPSA) is 76.6 Å². The Hall–Kier alpha value is -1.73. The maximum Gasteiger partial charge on any atom is 0.416 e. The summed E-state index contributed by atoms with van der Waals surface area (Å²) in [5.74, 6) is 1.42. The zero-order chi connectivity index (χ0) is 15.9. The van der Waals surface area contributed by atoms with Gasteiger partial charge in [0, 0.05) is 24.6 Å². The lowest BCUT2D eigenvalue weighted by Crippen LogP contribution is -2.40. The summed E-state index contributed by atoms with van der Waals surface area (Å²) in [5, 5.41) is 3.41. The zero-order valence-electron chi connectivity index (χ0n) is 13.4. The standard InChI is InChI=1S/C16H22N4O3/c1-11-9-13(19-14(18-11)12-3-2-6-17-12)20-10-16(23-15(20)21)4-7-22-8-5-16/h9,12,17H,2-8,10H2,1H3/t12-/m1/s1. The Balaban J connectivity index is 1.61. The molecule has 0 bridgehead atoms. The highest BCUT2D eigenvalue weighted by atomic mass is 16.6. The summed E-state index contributed by atoms with van der Waals surface area (Å²) >= 11 is 0. The summed E-state index contributed by atoms with van der Waals surface area (Å²) in [5.41, 5.74) is 0.458. The van der Waals surface area contributed by atoms with Crippen LogP contribution in [0.2, 0.25) is 0 Å². The van der Waals surface area contributed by atoms with Gasteiger partial charge in [-0.2, -0.15) is 0 Å². The van der Waals surface area contributed by atoms with Gasteiger partial charge in [-0.05, 0) is 26.3 Å². The molecule has 4 heterocycles. The second-order valence-corrected chi connectivity index (χ2v) is 6.62. The summed E-state index contributed by atoms with van der Waals surface area (Å²) in [4.78, 5) is 23.2. The smallest absolute Gasteiger partial charge is 0.416 e. The van der Waals surface area contributed by atoms with Gasteiger partial charge in [0.25, 0.3) is 0 Å². The van der Waals surface area contributed by atoms with Crippen LogP contribution in [0.5, 0.6) is 0 Å². The van der Waals surface area contributed by atoms with E-state index in [4.69, 9.17) is 9.47 Å². The number of carbonyl (C=O) groups is 1. The van der Waals surface area contributed by atoms with E-state index < -0.39 is 5.60 Å². The third-order valence-electron chi connectivity index (χ3n) is 4.88. The molecule has 7 heteroatoms. The van der Waals surface area contributed by atoms with E-state index in [1.165, 1.54) is 0 Å². The molecule has 0 aliphatic carbocycles. The minimum atomic E-state index is -0.417. The Bertz CT molecular complexity index is 609. The lowest BCUT2D eigenvalue weighted by atomic mass is 9.94. The fourth-order valence-corrected chi connectivity index (χ4v) is 3.58. The number of nitrogens with zero attached hydrogens (tertiary/aromatic N) is 3. The Morgan fingerprint density at radius 2 is 2.17 bits per heavy atom.